The number of fused-ring (bicyclic) bond motifs is 1. The van der Waals surface area contributed by atoms with Gasteiger partial charge < -0.3 is 4.57 Å². The molecule has 32 heavy (non-hydrogen) atoms. The highest BCUT2D eigenvalue weighted by molar-refractivity contribution is 7.98. The first-order valence-corrected chi connectivity index (χ1v) is 10.7. The summed E-state index contributed by atoms with van der Waals surface area (Å²) < 4.78 is 3.42. The van der Waals surface area contributed by atoms with Gasteiger partial charge in [-0.05, 0) is 12.1 Å². The summed E-state index contributed by atoms with van der Waals surface area (Å²) in [5, 5.41) is 25.3. The highest BCUT2D eigenvalue weighted by atomic mass is 32.2. The van der Waals surface area contributed by atoms with E-state index in [2.05, 4.69) is 15.3 Å². The maximum Gasteiger partial charge on any atom is 0.307 e. The number of pyridine rings is 1. The second-order valence-corrected chi connectivity index (χ2v) is 7.98. The molecule has 3 heterocycles. The van der Waals surface area contributed by atoms with E-state index in [4.69, 9.17) is 4.98 Å². The number of benzene rings is 2. The number of rotatable bonds is 6. The molecule has 9 nitrogen and oxygen atoms in total. The van der Waals surface area contributed by atoms with E-state index in [1.807, 2.05) is 72.3 Å². The van der Waals surface area contributed by atoms with Crippen molar-refractivity contribution >= 4 is 28.4 Å². The van der Waals surface area contributed by atoms with Crippen molar-refractivity contribution in [2.24, 2.45) is 7.05 Å². The van der Waals surface area contributed by atoms with Gasteiger partial charge in [-0.2, -0.15) is 5.10 Å². The van der Waals surface area contributed by atoms with Crippen molar-refractivity contribution in [2.75, 3.05) is 0 Å². The molecule has 0 spiro atoms. The summed E-state index contributed by atoms with van der Waals surface area (Å²) in [7, 11) is 1.90. The zero-order valence-electron chi connectivity index (χ0n) is 17.0. The van der Waals surface area contributed by atoms with Gasteiger partial charge in [0.2, 0.25) is 0 Å². The van der Waals surface area contributed by atoms with E-state index in [9.17, 15) is 10.1 Å². The number of hydrogen-bond donors (Lipinski definition) is 0. The first kappa shape index (κ1) is 19.9. The smallest absolute Gasteiger partial charge is 0.305 e. The number of nitro groups is 1. The Morgan fingerprint density at radius 2 is 1.84 bits per heavy atom. The van der Waals surface area contributed by atoms with Gasteiger partial charge in [0.25, 0.3) is 0 Å². The van der Waals surface area contributed by atoms with Gasteiger partial charge in [-0.25, -0.2) is 4.98 Å². The van der Waals surface area contributed by atoms with Crippen molar-refractivity contribution in [3.63, 3.8) is 0 Å². The van der Waals surface area contributed by atoms with Crippen molar-refractivity contribution in [2.45, 2.75) is 11.0 Å². The van der Waals surface area contributed by atoms with Crippen molar-refractivity contribution in [1.29, 1.82) is 0 Å². The Morgan fingerprint density at radius 1 is 1.06 bits per heavy atom. The van der Waals surface area contributed by atoms with Crippen LogP contribution in [0.15, 0.2) is 78.2 Å². The van der Waals surface area contributed by atoms with Crippen LogP contribution in [0.1, 0.15) is 0 Å². The Kier molecular flexibility index (Phi) is 5.12. The maximum atomic E-state index is 10.9. The summed E-state index contributed by atoms with van der Waals surface area (Å²) >= 11 is 1.40. The van der Waals surface area contributed by atoms with Gasteiger partial charge in [-0.1, -0.05) is 60.3 Å². The summed E-state index contributed by atoms with van der Waals surface area (Å²) in [6.07, 6.45) is 2.63. The average Bonchev–Trinajstić information content (AvgIpc) is 3.44. The van der Waals surface area contributed by atoms with Gasteiger partial charge in [0.1, 0.15) is 12.4 Å². The molecule has 10 heteroatoms. The topological polar surface area (TPSA) is 105 Å². The van der Waals surface area contributed by atoms with Crippen LogP contribution in [0.25, 0.3) is 33.5 Å². The SMILES string of the molecule is Cn1c(SCn2cc([N+](=O)[O-])cn2)nnc1-c1cc(-c2ccccc2)nc2ccccc12. The summed E-state index contributed by atoms with van der Waals surface area (Å²) in [4.78, 5) is 15.2. The normalized spacial score (nSPS) is 11.2. The lowest BCUT2D eigenvalue weighted by Gasteiger charge is -2.10. The fraction of sp³-hybridized carbons (Fsp3) is 0.0909. The van der Waals surface area contributed by atoms with Gasteiger partial charge in [0, 0.05) is 23.6 Å². The summed E-state index contributed by atoms with van der Waals surface area (Å²) in [6, 6.07) is 20.0. The highest BCUT2D eigenvalue weighted by Gasteiger charge is 2.17. The quantitative estimate of drug-likeness (QED) is 0.215. The lowest BCUT2D eigenvalue weighted by atomic mass is 10.0. The molecule has 0 radical (unpaired) electrons. The molecule has 0 N–H and O–H groups in total. The average molecular weight is 443 g/mol. The van der Waals surface area contributed by atoms with Crippen LogP contribution in [-0.2, 0) is 12.9 Å². The molecule has 2 aromatic carbocycles. The predicted molar refractivity (Wildman–Crippen MR) is 122 cm³/mol. The van der Waals surface area contributed by atoms with E-state index in [0.717, 1.165) is 33.5 Å². The number of para-hydroxylation sites is 1. The van der Waals surface area contributed by atoms with Crippen LogP contribution >= 0.6 is 11.8 Å². The number of hydrogen-bond acceptors (Lipinski definition) is 7. The summed E-state index contributed by atoms with van der Waals surface area (Å²) in [5.41, 5.74) is 3.66. The van der Waals surface area contributed by atoms with Gasteiger partial charge >= 0.3 is 5.69 Å². The molecule has 0 bridgehead atoms. The van der Waals surface area contributed by atoms with Crippen molar-refractivity contribution < 1.29 is 4.92 Å². The monoisotopic (exact) mass is 443 g/mol. The van der Waals surface area contributed by atoms with Crippen LogP contribution in [0.5, 0.6) is 0 Å². The zero-order valence-corrected chi connectivity index (χ0v) is 17.8. The molecule has 0 aliphatic heterocycles. The predicted octanol–water partition coefficient (Wildman–Crippen LogP) is 4.55. The van der Waals surface area contributed by atoms with Crippen LogP contribution in [0.3, 0.4) is 0 Å². The van der Waals surface area contributed by atoms with Gasteiger partial charge in [0.15, 0.2) is 11.0 Å². The first-order chi connectivity index (χ1) is 15.6. The van der Waals surface area contributed by atoms with Crippen LogP contribution in [-0.4, -0.2) is 34.5 Å². The molecule has 0 saturated heterocycles. The number of nitrogens with zero attached hydrogens (tertiary/aromatic N) is 7. The van der Waals surface area contributed by atoms with Crippen LogP contribution in [0.2, 0.25) is 0 Å². The Labute approximate surface area is 186 Å². The van der Waals surface area contributed by atoms with E-state index < -0.39 is 4.92 Å². The van der Waals surface area contributed by atoms with Crippen molar-refractivity contribution in [1.82, 2.24) is 29.5 Å². The molecule has 0 fully saturated rings. The fourth-order valence-electron chi connectivity index (χ4n) is 3.43. The van der Waals surface area contributed by atoms with Gasteiger partial charge in [-0.3, -0.25) is 14.8 Å². The third-order valence-corrected chi connectivity index (χ3v) is 6.03. The minimum atomic E-state index is -0.465. The van der Waals surface area contributed by atoms with Gasteiger partial charge in [0.05, 0.1) is 22.0 Å². The molecule has 158 valence electrons. The van der Waals surface area contributed by atoms with Crippen molar-refractivity contribution in [3.8, 4) is 22.6 Å². The van der Waals surface area contributed by atoms with E-state index in [1.165, 1.54) is 28.8 Å². The lowest BCUT2D eigenvalue weighted by molar-refractivity contribution is -0.385. The number of aromatic nitrogens is 6. The summed E-state index contributed by atoms with van der Waals surface area (Å²) in [5.74, 6) is 1.10. The van der Waals surface area contributed by atoms with Crippen molar-refractivity contribution in [3.05, 3.63) is 83.2 Å². The standard InChI is InChI=1S/C22H17N7O2S/c1-27-21(25-26-22(27)32-14-28-13-16(12-23-28)29(30)31)18-11-20(15-7-3-2-4-8-15)24-19-10-6-5-9-17(18)19/h2-13H,14H2,1H3. The summed E-state index contributed by atoms with van der Waals surface area (Å²) in [6.45, 7) is 0. The van der Waals surface area contributed by atoms with E-state index >= 15 is 0 Å². The molecule has 0 amide bonds. The largest absolute Gasteiger partial charge is 0.307 e. The minimum absolute atomic E-state index is 0.0408. The molecule has 0 unspecified atom stereocenters. The fourth-order valence-corrected chi connectivity index (χ4v) is 4.20. The molecule has 0 saturated carbocycles. The molecule has 0 atom stereocenters. The second-order valence-electron chi connectivity index (χ2n) is 7.07. The molecule has 0 aliphatic rings. The molecule has 3 aromatic heterocycles. The second kappa shape index (κ2) is 8.23. The molecular weight excluding hydrogens is 426 g/mol. The van der Waals surface area contributed by atoms with Gasteiger partial charge in [-0.15, -0.1) is 10.2 Å². The van der Waals surface area contributed by atoms with Crippen LogP contribution in [0, 0.1) is 10.1 Å². The van der Waals surface area contributed by atoms with Crippen LogP contribution in [0.4, 0.5) is 5.69 Å². The maximum absolute atomic E-state index is 10.9. The van der Waals surface area contributed by atoms with E-state index in [-0.39, 0.29) is 5.69 Å². The Bertz CT molecular complexity index is 1430. The third-order valence-electron chi connectivity index (χ3n) is 5.02. The molecule has 0 aliphatic carbocycles. The van der Waals surface area contributed by atoms with E-state index in [1.54, 1.807) is 0 Å². The first-order valence-electron chi connectivity index (χ1n) is 9.75. The van der Waals surface area contributed by atoms with E-state index in [0.29, 0.717) is 11.0 Å². The van der Waals surface area contributed by atoms with Crippen LogP contribution < -0.4 is 0 Å². The number of thioether (sulfide) groups is 1. The Hall–Kier alpha value is -4.05. The minimum Gasteiger partial charge on any atom is -0.305 e. The molecular formula is C22H17N7O2S. The molecule has 5 aromatic rings. The molecule has 5 rings (SSSR count). The Balaban J connectivity index is 1.51. The Morgan fingerprint density at radius 3 is 2.62 bits per heavy atom. The third kappa shape index (κ3) is 3.71. The lowest BCUT2D eigenvalue weighted by Crippen LogP contribution is -1.99. The highest BCUT2D eigenvalue weighted by Crippen LogP contribution is 2.32. The zero-order chi connectivity index (χ0) is 22.1.